The highest BCUT2D eigenvalue weighted by molar-refractivity contribution is 6.04. The molecule has 0 saturated heterocycles. The van der Waals surface area contributed by atoms with Gasteiger partial charge in [-0.15, -0.1) is 0 Å². The summed E-state index contributed by atoms with van der Waals surface area (Å²) in [6.07, 6.45) is -1.27. The molecule has 1 aliphatic rings. The summed E-state index contributed by atoms with van der Waals surface area (Å²) in [5, 5.41) is 2.94. The normalized spacial score (nSPS) is 16.2. The Morgan fingerprint density at radius 1 is 1.14 bits per heavy atom. The van der Waals surface area contributed by atoms with Gasteiger partial charge in [0, 0.05) is 11.9 Å². The number of amides is 1. The minimum Gasteiger partial charge on any atom is -0.384 e. The third-order valence-corrected chi connectivity index (χ3v) is 4.45. The van der Waals surface area contributed by atoms with Crippen LogP contribution >= 0.6 is 0 Å². The lowest BCUT2D eigenvalue weighted by Gasteiger charge is -2.15. The molecule has 3 N–H and O–H groups in total. The minimum absolute atomic E-state index is 0.0345. The Morgan fingerprint density at radius 3 is 2.43 bits per heavy atom. The lowest BCUT2D eigenvalue weighted by molar-refractivity contribution is -0.138. The van der Waals surface area contributed by atoms with Gasteiger partial charge in [-0.2, -0.15) is 18.2 Å². The Labute approximate surface area is 158 Å². The number of benzene rings is 2. The van der Waals surface area contributed by atoms with Gasteiger partial charge in [0.25, 0.3) is 5.91 Å². The highest BCUT2D eigenvalue weighted by Gasteiger charge is 2.52. The fourth-order valence-electron chi connectivity index (χ4n) is 2.80. The number of aliphatic imine (C=N–C) groups is 1. The van der Waals surface area contributed by atoms with Crippen LogP contribution in [0.5, 0.6) is 0 Å². The molecule has 0 radical (unpaired) electrons. The second kappa shape index (κ2) is 7.46. The quantitative estimate of drug-likeness (QED) is 0.451. The van der Waals surface area contributed by atoms with Crippen LogP contribution in [0.3, 0.4) is 0 Å². The highest BCUT2D eigenvalue weighted by atomic mass is 19.4. The number of alkyl halides is 3. The maximum atomic E-state index is 13.7. The van der Waals surface area contributed by atoms with Crippen LogP contribution in [0.4, 0.5) is 23.2 Å². The number of amidine groups is 1. The Balaban J connectivity index is 1.76. The van der Waals surface area contributed by atoms with Crippen LogP contribution in [0.1, 0.15) is 24.0 Å². The zero-order valence-electron chi connectivity index (χ0n) is 14.6. The molecule has 1 fully saturated rings. The van der Waals surface area contributed by atoms with E-state index in [4.69, 9.17) is 5.73 Å². The highest BCUT2D eigenvalue weighted by Crippen LogP contribution is 2.50. The number of hydrogen-bond donors (Lipinski definition) is 2. The van der Waals surface area contributed by atoms with Crippen molar-refractivity contribution in [3.05, 3.63) is 77.8 Å². The number of nitrogens with zero attached hydrogens (tertiary/aromatic N) is 1. The maximum Gasteiger partial charge on any atom is 0.416 e. The Bertz CT molecular complexity index is 932. The van der Waals surface area contributed by atoms with Crippen molar-refractivity contribution < 1.29 is 22.4 Å². The van der Waals surface area contributed by atoms with E-state index in [0.717, 1.165) is 17.8 Å². The molecule has 28 heavy (non-hydrogen) atoms. The lowest BCUT2D eigenvalue weighted by Crippen LogP contribution is -2.23. The molecule has 0 unspecified atom stereocenters. The summed E-state index contributed by atoms with van der Waals surface area (Å²) in [4.78, 5) is 16.3. The minimum atomic E-state index is -4.70. The van der Waals surface area contributed by atoms with Crippen LogP contribution in [0.25, 0.3) is 0 Å². The Hall–Kier alpha value is -3.16. The summed E-state index contributed by atoms with van der Waals surface area (Å²) in [5.41, 5.74) is 4.10. The van der Waals surface area contributed by atoms with Crippen molar-refractivity contribution in [3.8, 4) is 0 Å². The summed E-state index contributed by atoms with van der Waals surface area (Å²) in [5.74, 6) is -1.84. The first-order valence-corrected chi connectivity index (χ1v) is 8.46. The van der Waals surface area contributed by atoms with Crippen molar-refractivity contribution in [1.82, 2.24) is 0 Å². The molecule has 0 spiro atoms. The molecule has 4 nitrogen and oxygen atoms in total. The third-order valence-electron chi connectivity index (χ3n) is 4.45. The molecule has 1 aliphatic carbocycles. The lowest BCUT2D eigenvalue weighted by atomic mass is 9.93. The predicted octanol–water partition coefficient (Wildman–Crippen LogP) is 4.39. The molecule has 0 atom stereocenters. The van der Waals surface area contributed by atoms with Gasteiger partial charge in [-0.1, -0.05) is 18.2 Å². The van der Waals surface area contributed by atoms with Gasteiger partial charge < -0.3 is 11.1 Å². The van der Waals surface area contributed by atoms with Crippen molar-refractivity contribution in [1.29, 1.82) is 0 Å². The summed E-state index contributed by atoms with van der Waals surface area (Å²) < 4.78 is 52.5. The summed E-state index contributed by atoms with van der Waals surface area (Å²) in [6, 6.07) is 11.3. The van der Waals surface area contributed by atoms with Crippen LogP contribution in [0.15, 0.2) is 65.8 Å². The van der Waals surface area contributed by atoms with Gasteiger partial charge in [-0.25, -0.2) is 4.39 Å². The Morgan fingerprint density at radius 2 is 1.82 bits per heavy atom. The predicted molar refractivity (Wildman–Crippen MR) is 98.1 cm³/mol. The van der Waals surface area contributed by atoms with Gasteiger partial charge in [0.05, 0.1) is 11.0 Å². The van der Waals surface area contributed by atoms with Crippen molar-refractivity contribution in [2.45, 2.75) is 24.4 Å². The third kappa shape index (κ3) is 4.39. The van der Waals surface area contributed by atoms with E-state index in [-0.39, 0.29) is 24.2 Å². The van der Waals surface area contributed by atoms with Crippen LogP contribution in [-0.4, -0.2) is 11.7 Å². The number of para-hydroxylation sites is 1. The van der Waals surface area contributed by atoms with Crippen molar-refractivity contribution in [3.63, 3.8) is 0 Å². The average molecular weight is 391 g/mol. The van der Waals surface area contributed by atoms with Gasteiger partial charge >= 0.3 is 6.18 Å². The molecule has 8 heteroatoms. The number of nitrogens with one attached hydrogen (secondary N) is 1. The summed E-state index contributed by atoms with van der Waals surface area (Å²) >= 11 is 0. The number of hydrogen-bond acceptors (Lipinski definition) is 2. The maximum absolute atomic E-state index is 13.7. The number of carbonyl (C=O) groups is 1. The van der Waals surface area contributed by atoms with E-state index in [1.807, 2.05) is 30.3 Å². The van der Waals surface area contributed by atoms with Crippen LogP contribution in [-0.2, 0) is 16.4 Å². The molecule has 3 rings (SSSR count). The first-order valence-electron chi connectivity index (χ1n) is 8.46. The molecule has 0 aromatic heterocycles. The second-order valence-electron chi connectivity index (χ2n) is 6.49. The zero-order valence-corrected chi connectivity index (χ0v) is 14.6. The van der Waals surface area contributed by atoms with Crippen LogP contribution < -0.4 is 11.1 Å². The molecule has 1 amide bonds. The molecule has 0 bridgehead atoms. The van der Waals surface area contributed by atoms with Gasteiger partial charge in [0.2, 0.25) is 0 Å². The smallest absolute Gasteiger partial charge is 0.384 e. The van der Waals surface area contributed by atoms with Crippen LogP contribution in [0, 0.1) is 5.82 Å². The largest absolute Gasteiger partial charge is 0.416 e. The first-order chi connectivity index (χ1) is 13.2. The molecule has 0 heterocycles. The van der Waals surface area contributed by atoms with Crippen molar-refractivity contribution in [2.24, 2.45) is 10.7 Å². The van der Waals surface area contributed by atoms with Gasteiger partial charge in [-0.3, -0.25) is 4.79 Å². The number of halogens is 4. The van der Waals surface area contributed by atoms with Gasteiger partial charge in [0.15, 0.2) is 0 Å². The molecule has 2 aromatic rings. The topological polar surface area (TPSA) is 67.5 Å². The van der Waals surface area contributed by atoms with E-state index < -0.39 is 28.9 Å². The zero-order chi connectivity index (χ0) is 20.4. The van der Waals surface area contributed by atoms with Gasteiger partial charge in [0.1, 0.15) is 11.7 Å². The van der Waals surface area contributed by atoms with E-state index in [2.05, 4.69) is 10.3 Å². The molecular weight excluding hydrogens is 374 g/mol. The van der Waals surface area contributed by atoms with Crippen molar-refractivity contribution in [2.75, 3.05) is 5.32 Å². The second-order valence-corrected chi connectivity index (χ2v) is 6.49. The Kier molecular flexibility index (Phi) is 5.22. The van der Waals surface area contributed by atoms with Crippen LogP contribution in [0.2, 0.25) is 0 Å². The average Bonchev–Trinajstić information content (AvgIpc) is 3.43. The van der Waals surface area contributed by atoms with E-state index in [9.17, 15) is 22.4 Å². The fourth-order valence-corrected chi connectivity index (χ4v) is 2.80. The molecule has 146 valence electrons. The number of rotatable bonds is 5. The molecule has 0 aliphatic heterocycles. The van der Waals surface area contributed by atoms with E-state index in [1.54, 1.807) is 0 Å². The van der Waals surface area contributed by atoms with E-state index in [1.165, 1.54) is 12.3 Å². The first kappa shape index (κ1) is 19.6. The number of anilines is 1. The number of carbonyl (C=O) groups excluding carboxylic acids is 1. The number of nitrogens with two attached hydrogens (primary N) is 1. The van der Waals surface area contributed by atoms with Crippen molar-refractivity contribution >= 4 is 17.4 Å². The monoisotopic (exact) mass is 391 g/mol. The standard InChI is InChI=1S/C20H17F4N3O/c21-15-11-13(10-14(12-15)20(22,23)24)19(7-8-19)18(28)27-17(25)6-9-26-16-4-2-1-3-5-16/h1-6,9-12,26H,7-8H2,(H2,25,27,28)/b9-6-. The van der Waals surface area contributed by atoms with Gasteiger partial charge in [-0.05, 0) is 54.8 Å². The SMILES string of the molecule is NC(/C=C\Nc1ccccc1)=NC(=O)C1(c2cc(F)cc(C(F)(F)F)c2)CC1. The fraction of sp³-hybridized carbons (Fsp3) is 0.200. The van der Waals surface area contributed by atoms with E-state index >= 15 is 0 Å². The summed E-state index contributed by atoms with van der Waals surface area (Å²) in [6.45, 7) is 0. The molecule has 2 aromatic carbocycles. The van der Waals surface area contributed by atoms with E-state index in [0.29, 0.717) is 6.07 Å². The molecule has 1 saturated carbocycles. The summed E-state index contributed by atoms with van der Waals surface area (Å²) in [7, 11) is 0. The molecular formula is C20H17F4N3O.